The molecule has 0 spiro atoms. The van der Waals surface area contributed by atoms with Crippen LogP contribution in [-0.2, 0) is 4.79 Å². The smallest absolute Gasteiger partial charge is 0.229 e. The number of aromatic nitrogens is 2. The second kappa shape index (κ2) is 7.29. The Bertz CT molecular complexity index is 695. The van der Waals surface area contributed by atoms with Gasteiger partial charge in [-0.15, -0.1) is 0 Å². The minimum Gasteiger partial charge on any atom is -0.353 e. The largest absolute Gasteiger partial charge is 0.353 e. The van der Waals surface area contributed by atoms with Crippen LogP contribution in [0.4, 0.5) is 17.5 Å². The lowest BCUT2D eigenvalue weighted by molar-refractivity contribution is -0.118. The van der Waals surface area contributed by atoms with Crippen molar-refractivity contribution in [3.63, 3.8) is 0 Å². The van der Waals surface area contributed by atoms with Crippen molar-refractivity contribution in [2.24, 2.45) is 0 Å². The molecule has 2 aromatic rings. The average molecular weight is 325 g/mol. The number of piperazine rings is 1. The minimum absolute atomic E-state index is 0.424. The average Bonchev–Trinajstić information content (AvgIpc) is 2.62. The van der Waals surface area contributed by atoms with E-state index < -0.39 is 0 Å². The SMILES string of the molecule is CC(C)c1ccccc1Nc1nccc(N2CCN(C=O)CC2)n1. The molecular weight excluding hydrogens is 302 g/mol. The van der Waals surface area contributed by atoms with Crippen molar-refractivity contribution in [1.29, 1.82) is 0 Å². The van der Waals surface area contributed by atoms with Crippen LogP contribution in [0.2, 0.25) is 0 Å². The number of carbonyl (C=O) groups is 1. The van der Waals surface area contributed by atoms with Crippen LogP contribution in [0, 0.1) is 0 Å². The number of rotatable bonds is 5. The summed E-state index contributed by atoms with van der Waals surface area (Å²) in [4.78, 5) is 23.8. The molecule has 2 heterocycles. The van der Waals surface area contributed by atoms with E-state index in [9.17, 15) is 4.79 Å². The van der Waals surface area contributed by atoms with E-state index in [2.05, 4.69) is 40.1 Å². The highest BCUT2D eigenvalue weighted by Crippen LogP contribution is 2.26. The highest BCUT2D eigenvalue weighted by Gasteiger charge is 2.17. The van der Waals surface area contributed by atoms with Crippen molar-refractivity contribution in [2.75, 3.05) is 36.4 Å². The predicted octanol–water partition coefficient (Wildman–Crippen LogP) is 2.62. The number of para-hydroxylation sites is 1. The fourth-order valence-electron chi connectivity index (χ4n) is 2.88. The first-order valence-electron chi connectivity index (χ1n) is 8.30. The van der Waals surface area contributed by atoms with Gasteiger partial charge in [0.2, 0.25) is 12.4 Å². The number of nitrogens with zero attached hydrogens (tertiary/aromatic N) is 4. The molecule has 1 aliphatic rings. The van der Waals surface area contributed by atoms with Gasteiger partial charge in [-0.2, -0.15) is 4.98 Å². The minimum atomic E-state index is 0.424. The molecule has 1 aliphatic heterocycles. The summed E-state index contributed by atoms with van der Waals surface area (Å²) < 4.78 is 0. The van der Waals surface area contributed by atoms with Crippen LogP contribution >= 0.6 is 0 Å². The van der Waals surface area contributed by atoms with E-state index in [1.54, 1.807) is 11.1 Å². The summed E-state index contributed by atoms with van der Waals surface area (Å²) in [6, 6.07) is 10.1. The molecule has 0 radical (unpaired) electrons. The molecule has 1 saturated heterocycles. The zero-order chi connectivity index (χ0) is 16.9. The maximum atomic E-state index is 10.8. The van der Waals surface area contributed by atoms with E-state index in [-0.39, 0.29) is 0 Å². The molecule has 0 saturated carbocycles. The highest BCUT2D eigenvalue weighted by atomic mass is 16.1. The van der Waals surface area contributed by atoms with E-state index in [0.29, 0.717) is 11.9 Å². The summed E-state index contributed by atoms with van der Waals surface area (Å²) in [5.41, 5.74) is 2.28. The van der Waals surface area contributed by atoms with Gasteiger partial charge in [-0.1, -0.05) is 32.0 Å². The van der Waals surface area contributed by atoms with Gasteiger partial charge in [0, 0.05) is 38.1 Å². The number of carbonyl (C=O) groups excluding carboxylic acids is 1. The van der Waals surface area contributed by atoms with Crippen molar-refractivity contribution in [2.45, 2.75) is 19.8 Å². The fraction of sp³-hybridized carbons (Fsp3) is 0.389. The molecule has 0 unspecified atom stereocenters. The number of anilines is 3. The third-order valence-electron chi connectivity index (χ3n) is 4.26. The lowest BCUT2D eigenvalue weighted by atomic mass is 10.0. The van der Waals surface area contributed by atoms with Crippen LogP contribution in [-0.4, -0.2) is 47.5 Å². The highest BCUT2D eigenvalue weighted by molar-refractivity contribution is 5.60. The van der Waals surface area contributed by atoms with Crippen LogP contribution in [0.25, 0.3) is 0 Å². The Balaban J connectivity index is 1.76. The molecular formula is C18H23N5O. The van der Waals surface area contributed by atoms with Gasteiger partial charge in [0.05, 0.1) is 0 Å². The van der Waals surface area contributed by atoms with Crippen LogP contribution in [0.15, 0.2) is 36.5 Å². The van der Waals surface area contributed by atoms with Crippen molar-refractivity contribution >= 4 is 23.9 Å². The molecule has 0 aliphatic carbocycles. The molecule has 1 fully saturated rings. The van der Waals surface area contributed by atoms with E-state index >= 15 is 0 Å². The monoisotopic (exact) mass is 325 g/mol. The predicted molar refractivity (Wildman–Crippen MR) is 95.7 cm³/mol. The van der Waals surface area contributed by atoms with Crippen LogP contribution < -0.4 is 10.2 Å². The number of nitrogens with one attached hydrogen (secondary N) is 1. The molecule has 1 aromatic heterocycles. The van der Waals surface area contributed by atoms with Gasteiger partial charge in [-0.25, -0.2) is 4.98 Å². The van der Waals surface area contributed by atoms with Crippen LogP contribution in [0.3, 0.4) is 0 Å². The maximum absolute atomic E-state index is 10.8. The first-order valence-corrected chi connectivity index (χ1v) is 8.30. The molecule has 6 heteroatoms. The Morgan fingerprint density at radius 1 is 1.12 bits per heavy atom. The number of hydrogen-bond donors (Lipinski definition) is 1. The lowest BCUT2D eigenvalue weighted by Gasteiger charge is -2.33. The summed E-state index contributed by atoms with van der Waals surface area (Å²) in [6.45, 7) is 7.38. The van der Waals surface area contributed by atoms with Gasteiger partial charge in [0.25, 0.3) is 0 Å². The number of benzene rings is 1. The number of amides is 1. The van der Waals surface area contributed by atoms with Gasteiger partial charge in [0.15, 0.2) is 0 Å². The van der Waals surface area contributed by atoms with Crippen molar-refractivity contribution < 1.29 is 4.79 Å². The topological polar surface area (TPSA) is 61.4 Å². The molecule has 1 amide bonds. The maximum Gasteiger partial charge on any atom is 0.229 e. The zero-order valence-electron chi connectivity index (χ0n) is 14.1. The quantitative estimate of drug-likeness (QED) is 0.856. The first-order chi connectivity index (χ1) is 11.7. The van der Waals surface area contributed by atoms with Crippen molar-refractivity contribution in [1.82, 2.24) is 14.9 Å². The Labute approximate surface area is 142 Å². The molecule has 6 nitrogen and oxygen atoms in total. The molecule has 0 atom stereocenters. The van der Waals surface area contributed by atoms with Crippen LogP contribution in [0.5, 0.6) is 0 Å². The van der Waals surface area contributed by atoms with Gasteiger partial charge in [-0.05, 0) is 23.6 Å². The van der Waals surface area contributed by atoms with Gasteiger partial charge in [0.1, 0.15) is 5.82 Å². The van der Waals surface area contributed by atoms with Gasteiger partial charge >= 0.3 is 0 Å². The normalized spacial score (nSPS) is 14.8. The summed E-state index contributed by atoms with van der Waals surface area (Å²) in [5, 5.41) is 3.34. The standard InChI is InChI=1S/C18H23N5O/c1-14(2)15-5-3-4-6-16(15)20-18-19-8-7-17(21-18)23-11-9-22(13-24)10-12-23/h3-8,13-14H,9-12H2,1-2H3,(H,19,20,21). The zero-order valence-corrected chi connectivity index (χ0v) is 14.1. The lowest BCUT2D eigenvalue weighted by Crippen LogP contribution is -2.46. The molecule has 3 rings (SSSR count). The number of hydrogen-bond acceptors (Lipinski definition) is 5. The Morgan fingerprint density at radius 2 is 1.88 bits per heavy atom. The Kier molecular flexibility index (Phi) is 4.93. The molecule has 24 heavy (non-hydrogen) atoms. The summed E-state index contributed by atoms with van der Waals surface area (Å²) in [7, 11) is 0. The van der Waals surface area contributed by atoms with Crippen LogP contribution in [0.1, 0.15) is 25.3 Å². The van der Waals surface area contributed by atoms with Gasteiger partial charge in [-0.3, -0.25) is 4.79 Å². The third kappa shape index (κ3) is 3.64. The van der Waals surface area contributed by atoms with E-state index in [4.69, 9.17) is 0 Å². The van der Waals surface area contributed by atoms with Crippen molar-refractivity contribution in [3.8, 4) is 0 Å². The molecule has 1 aromatic carbocycles. The second-order valence-electron chi connectivity index (χ2n) is 6.23. The molecule has 126 valence electrons. The molecule has 1 N–H and O–H groups in total. The first kappa shape index (κ1) is 16.2. The fourth-order valence-corrected chi connectivity index (χ4v) is 2.88. The summed E-state index contributed by atoms with van der Waals surface area (Å²) >= 11 is 0. The van der Waals surface area contributed by atoms with Gasteiger partial charge < -0.3 is 15.1 Å². The summed E-state index contributed by atoms with van der Waals surface area (Å²) in [5.74, 6) is 1.91. The second-order valence-corrected chi connectivity index (χ2v) is 6.23. The van der Waals surface area contributed by atoms with E-state index in [1.807, 2.05) is 24.3 Å². The Hall–Kier alpha value is -2.63. The van der Waals surface area contributed by atoms with Crippen molar-refractivity contribution in [3.05, 3.63) is 42.1 Å². The third-order valence-corrected chi connectivity index (χ3v) is 4.26. The summed E-state index contributed by atoms with van der Waals surface area (Å²) in [6.07, 6.45) is 2.68. The molecule has 0 bridgehead atoms. The van der Waals surface area contributed by atoms with E-state index in [1.165, 1.54) is 5.56 Å². The van der Waals surface area contributed by atoms with E-state index in [0.717, 1.165) is 44.1 Å². The Morgan fingerprint density at radius 3 is 2.58 bits per heavy atom.